The van der Waals surface area contributed by atoms with Crippen LogP contribution in [0.2, 0.25) is 0 Å². The molecule has 1 heteroatoms. The molecule has 1 atom stereocenters. The van der Waals surface area contributed by atoms with Gasteiger partial charge in [-0.3, -0.25) is 4.79 Å². The van der Waals surface area contributed by atoms with Crippen LogP contribution in [0.4, 0.5) is 0 Å². The zero-order chi connectivity index (χ0) is 6.41. The molecule has 0 heterocycles. The number of hydrogen-bond acceptors (Lipinski definition) is 1. The predicted octanol–water partition coefficient (Wildman–Crippen LogP) is 1.92. The normalized spacial score (nSPS) is 13.2. The summed E-state index contributed by atoms with van der Waals surface area (Å²) >= 11 is 0. The molecule has 47 valence electrons. The van der Waals surface area contributed by atoms with Crippen LogP contribution in [0.1, 0.15) is 33.1 Å². The Kier molecular flexibility index (Phi) is 4.62. The van der Waals surface area contributed by atoms with Gasteiger partial charge in [0.25, 0.3) is 0 Å². The van der Waals surface area contributed by atoms with Crippen molar-refractivity contribution in [2.75, 3.05) is 0 Å². The molecule has 1 radical (unpaired) electrons. The minimum atomic E-state index is 0.606. The molecule has 0 fully saturated rings. The molecule has 0 N–H and O–H groups in total. The summed E-state index contributed by atoms with van der Waals surface area (Å²) in [7, 11) is 0. The van der Waals surface area contributed by atoms with Gasteiger partial charge in [0.1, 0.15) is 0 Å². The van der Waals surface area contributed by atoms with Crippen molar-refractivity contribution in [1.29, 1.82) is 0 Å². The molecule has 0 aromatic heterocycles. The summed E-state index contributed by atoms with van der Waals surface area (Å²) in [5.74, 6) is 0.691. The molecule has 8 heavy (non-hydrogen) atoms. The van der Waals surface area contributed by atoms with Crippen LogP contribution in [0, 0.1) is 5.92 Å². The lowest BCUT2D eigenvalue weighted by Gasteiger charge is -2.01. The first kappa shape index (κ1) is 7.67. The maximum Gasteiger partial charge on any atom is 0.198 e. The third kappa shape index (κ3) is 3.85. The van der Waals surface area contributed by atoms with Crippen LogP contribution < -0.4 is 0 Å². The molecule has 0 rings (SSSR count). The lowest BCUT2D eigenvalue weighted by Crippen LogP contribution is -1.90. The zero-order valence-electron chi connectivity index (χ0n) is 5.61. The first-order valence-corrected chi connectivity index (χ1v) is 3.16. The van der Waals surface area contributed by atoms with Crippen molar-refractivity contribution in [2.24, 2.45) is 5.92 Å². The van der Waals surface area contributed by atoms with Crippen molar-refractivity contribution >= 4 is 6.29 Å². The fourth-order valence-electron chi connectivity index (χ4n) is 0.509. The van der Waals surface area contributed by atoms with Crippen LogP contribution in [0.15, 0.2) is 0 Å². The van der Waals surface area contributed by atoms with Crippen LogP contribution in [0.3, 0.4) is 0 Å². The molecule has 0 spiro atoms. The molecule has 0 saturated heterocycles. The summed E-state index contributed by atoms with van der Waals surface area (Å²) in [5, 5.41) is 0. The molecule has 0 aromatic rings. The Balaban J connectivity index is 2.97. The summed E-state index contributed by atoms with van der Waals surface area (Å²) in [4.78, 5) is 9.70. The third-order valence-corrected chi connectivity index (χ3v) is 1.44. The van der Waals surface area contributed by atoms with Crippen molar-refractivity contribution in [1.82, 2.24) is 0 Å². The van der Waals surface area contributed by atoms with Gasteiger partial charge in [0.05, 0.1) is 0 Å². The molecule has 0 amide bonds. The Morgan fingerprint density at radius 2 is 2.25 bits per heavy atom. The Hall–Kier alpha value is -0.330. The number of carbonyl (C=O) groups excluding carboxylic acids is 1. The fraction of sp³-hybridized carbons (Fsp3) is 0.857. The van der Waals surface area contributed by atoms with Gasteiger partial charge in [-0.1, -0.05) is 20.3 Å². The first-order chi connectivity index (χ1) is 3.81. The monoisotopic (exact) mass is 113 g/mol. The standard InChI is InChI=1S/C7H13O/c1-3-7(2)5-4-6-8/h7H,3-5H2,1-2H3. The topological polar surface area (TPSA) is 17.1 Å². The Morgan fingerprint density at radius 3 is 2.62 bits per heavy atom. The highest BCUT2D eigenvalue weighted by atomic mass is 16.1. The lowest BCUT2D eigenvalue weighted by molar-refractivity contribution is 0.503. The predicted molar refractivity (Wildman–Crippen MR) is 34.4 cm³/mol. The summed E-state index contributed by atoms with van der Waals surface area (Å²) in [6, 6.07) is 0. The fourth-order valence-corrected chi connectivity index (χ4v) is 0.509. The van der Waals surface area contributed by atoms with Gasteiger partial charge in [0.2, 0.25) is 0 Å². The largest absolute Gasteiger partial charge is 0.291 e. The Morgan fingerprint density at radius 1 is 1.62 bits per heavy atom. The maximum atomic E-state index is 9.70. The van der Waals surface area contributed by atoms with Crippen LogP contribution >= 0.6 is 0 Å². The quantitative estimate of drug-likeness (QED) is 0.544. The van der Waals surface area contributed by atoms with E-state index in [0.717, 1.165) is 6.42 Å². The Labute approximate surface area is 51.1 Å². The van der Waals surface area contributed by atoms with E-state index in [4.69, 9.17) is 0 Å². The van der Waals surface area contributed by atoms with Crippen molar-refractivity contribution in [3.8, 4) is 0 Å². The van der Waals surface area contributed by atoms with Crippen molar-refractivity contribution in [3.63, 3.8) is 0 Å². The highest BCUT2D eigenvalue weighted by molar-refractivity contribution is 5.50. The van der Waals surface area contributed by atoms with Crippen molar-refractivity contribution in [2.45, 2.75) is 33.1 Å². The van der Waals surface area contributed by atoms with Crippen LogP contribution in [0.5, 0.6) is 0 Å². The van der Waals surface area contributed by atoms with E-state index in [1.807, 2.05) is 6.29 Å². The van der Waals surface area contributed by atoms with Gasteiger partial charge in [-0.15, -0.1) is 0 Å². The van der Waals surface area contributed by atoms with Crippen LogP contribution in [-0.4, -0.2) is 6.29 Å². The maximum absolute atomic E-state index is 9.70. The lowest BCUT2D eigenvalue weighted by atomic mass is 10.0. The van der Waals surface area contributed by atoms with E-state index in [1.165, 1.54) is 6.42 Å². The van der Waals surface area contributed by atoms with E-state index in [-0.39, 0.29) is 0 Å². The summed E-state index contributed by atoms with van der Waals surface area (Å²) in [6.07, 6.45) is 4.66. The molecular formula is C7H13O. The van der Waals surface area contributed by atoms with Gasteiger partial charge < -0.3 is 0 Å². The molecule has 0 aromatic carbocycles. The first-order valence-electron chi connectivity index (χ1n) is 3.16. The minimum Gasteiger partial charge on any atom is -0.291 e. The molecule has 0 aliphatic carbocycles. The number of hydrogen-bond donors (Lipinski definition) is 0. The zero-order valence-corrected chi connectivity index (χ0v) is 5.61. The molecule has 0 aliphatic heterocycles. The summed E-state index contributed by atoms with van der Waals surface area (Å²) in [5.41, 5.74) is 0. The number of rotatable bonds is 4. The van der Waals surface area contributed by atoms with Gasteiger partial charge in [-0.2, -0.15) is 0 Å². The Bertz CT molecular complexity index is 59.4. The van der Waals surface area contributed by atoms with Crippen LogP contribution in [0.25, 0.3) is 0 Å². The van der Waals surface area contributed by atoms with Gasteiger partial charge in [0, 0.05) is 6.42 Å². The smallest absolute Gasteiger partial charge is 0.198 e. The van der Waals surface area contributed by atoms with Gasteiger partial charge >= 0.3 is 0 Å². The SMILES string of the molecule is CCC(C)CC[C]=O. The minimum absolute atomic E-state index is 0.606. The van der Waals surface area contributed by atoms with Gasteiger partial charge in [0.15, 0.2) is 6.29 Å². The average Bonchev–Trinajstić information content (AvgIpc) is 1.83. The average molecular weight is 113 g/mol. The molecule has 0 saturated carbocycles. The van der Waals surface area contributed by atoms with Crippen LogP contribution in [-0.2, 0) is 4.79 Å². The van der Waals surface area contributed by atoms with E-state index in [0.29, 0.717) is 12.3 Å². The molecule has 1 nitrogen and oxygen atoms in total. The third-order valence-electron chi connectivity index (χ3n) is 1.44. The second-order valence-electron chi connectivity index (χ2n) is 2.20. The van der Waals surface area contributed by atoms with Crippen molar-refractivity contribution < 1.29 is 4.79 Å². The van der Waals surface area contributed by atoms with E-state index >= 15 is 0 Å². The van der Waals surface area contributed by atoms with Gasteiger partial charge in [-0.05, 0) is 12.3 Å². The second-order valence-corrected chi connectivity index (χ2v) is 2.20. The van der Waals surface area contributed by atoms with E-state index in [9.17, 15) is 4.79 Å². The van der Waals surface area contributed by atoms with E-state index in [1.54, 1.807) is 0 Å². The highest BCUT2D eigenvalue weighted by Gasteiger charge is 1.95. The van der Waals surface area contributed by atoms with E-state index < -0.39 is 0 Å². The second kappa shape index (κ2) is 4.82. The molecule has 0 bridgehead atoms. The summed E-state index contributed by atoms with van der Waals surface area (Å²) in [6.45, 7) is 4.28. The summed E-state index contributed by atoms with van der Waals surface area (Å²) < 4.78 is 0. The molecular weight excluding hydrogens is 100 g/mol. The molecule has 1 unspecified atom stereocenters. The highest BCUT2D eigenvalue weighted by Crippen LogP contribution is 2.06. The van der Waals surface area contributed by atoms with Gasteiger partial charge in [-0.25, -0.2) is 0 Å². The molecule has 0 aliphatic rings. The van der Waals surface area contributed by atoms with Crippen molar-refractivity contribution in [3.05, 3.63) is 0 Å². The van der Waals surface area contributed by atoms with E-state index in [2.05, 4.69) is 13.8 Å².